The van der Waals surface area contributed by atoms with E-state index in [1.807, 2.05) is 30.3 Å². The van der Waals surface area contributed by atoms with Crippen LogP contribution in [0.5, 0.6) is 0 Å². The third kappa shape index (κ3) is 9.92. The maximum Gasteiger partial charge on any atom is 0.352 e. The Balaban J connectivity index is 1.69. The van der Waals surface area contributed by atoms with Gasteiger partial charge in [0.15, 0.2) is 18.1 Å². The fraction of sp³-hybridized carbons (Fsp3) is 0.231. The van der Waals surface area contributed by atoms with Crippen LogP contribution < -0.4 is 25.9 Å². The van der Waals surface area contributed by atoms with Crippen LogP contribution in [0.3, 0.4) is 0 Å². The molecule has 0 saturated heterocycles. The molecule has 0 radical (unpaired) electrons. The lowest BCUT2D eigenvalue weighted by atomic mass is 10.4. The van der Waals surface area contributed by atoms with Crippen LogP contribution in [-0.4, -0.2) is 60.9 Å². The van der Waals surface area contributed by atoms with Gasteiger partial charge < -0.3 is 24.7 Å². The molecule has 0 spiro atoms. The van der Waals surface area contributed by atoms with E-state index < -0.39 is 60.9 Å². The molecule has 0 fully saturated rings. The van der Waals surface area contributed by atoms with Gasteiger partial charge in [-0.1, -0.05) is 152 Å². The lowest BCUT2D eigenvalue weighted by Gasteiger charge is -2.46. The lowest BCUT2D eigenvalue weighted by molar-refractivity contribution is 0.288. The molecule has 0 aliphatic rings. The van der Waals surface area contributed by atoms with Crippen LogP contribution in [0, 0.1) is 0 Å². The summed E-state index contributed by atoms with van der Waals surface area (Å²) >= 11 is 0. The van der Waals surface area contributed by atoms with Crippen LogP contribution in [0.1, 0.15) is 0 Å². The summed E-state index contributed by atoms with van der Waals surface area (Å²) in [6.07, 6.45) is 0. The van der Waals surface area contributed by atoms with Crippen molar-refractivity contribution in [1.82, 2.24) is 0 Å². The van der Waals surface area contributed by atoms with Crippen molar-refractivity contribution in [3.05, 3.63) is 152 Å². The minimum absolute atomic E-state index is 1.01. The Bertz CT molecular complexity index is 1720. The van der Waals surface area contributed by atoms with Gasteiger partial charge in [0, 0.05) is 0 Å². The fourth-order valence-corrected chi connectivity index (χ4v) is 37.6. The first kappa shape index (κ1) is 40.6. The molecule has 0 aliphatic heterocycles. The minimum Gasteiger partial charge on any atom is -0.436 e. The smallest absolute Gasteiger partial charge is 0.352 e. The molecule has 0 amide bonds. The zero-order valence-corrected chi connectivity index (χ0v) is 39.3. The molecule has 0 aromatic heterocycles. The summed E-state index contributed by atoms with van der Waals surface area (Å²) in [6, 6.07) is 52.1. The van der Waals surface area contributed by atoms with Crippen molar-refractivity contribution in [2.24, 2.45) is 0 Å². The molecular formula is C39H54O6Si7. The standard InChI is InChI=1S/C39H54O6Si7/c1-46(2)40-48(5,35-25-15-10-16-26-35)42-50(7,37-29-19-12-20-30-37)44-52(9,39-33-23-14-24-34-39)45-51(8,38-31-21-13-22-32-38)43-49(6,41-47(3)4)36-27-17-11-18-28-36/h10-34,46-47H,1-9H3. The summed E-state index contributed by atoms with van der Waals surface area (Å²) in [5.74, 6) is 0. The normalized spacial score (nSPS) is 17.8. The molecule has 5 rings (SSSR count). The summed E-state index contributed by atoms with van der Waals surface area (Å²) in [7, 11) is -19.1. The van der Waals surface area contributed by atoms with Gasteiger partial charge in [-0.2, -0.15) is 0 Å². The summed E-state index contributed by atoms with van der Waals surface area (Å²) in [5.41, 5.74) is 0. The van der Waals surface area contributed by atoms with E-state index in [-0.39, 0.29) is 0 Å². The van der Waals surface area contributed by atoms with Crippen molar-refractivity contribution in [3.8, 4) is 0 Å². The van der Waals surface area contributed by atoms with Crippen LogP contribution in [-0.2, 0) is 24.7 Å². The second kappa shape index (κ2) is 17.2. The molecule has 0 heterocycles. The first-order valence-electron chi connectivity index (χ1n) is 18.1. The lowest BCUT2D eigenvalue weighted by Crippen LogP contribution is -2.73. The van der Waals surface area contributed by atoms with E-state index in [2.05, 4.69) is 180 Å². The third-order valence-electron chi connectivity index (χ3n) is 8.97. The number of hydrogen-bond donors (Lipinski definition) is 0. The highest BCUT2D eigenvalue weighted by Gasteiger charge is 2.56. The molecular weight excluding hydrogens is 761 g/mol. The Labute approximate surface area is 320 Å². The SMILES string of the molecule is C[SiH](C)O[Si](C)(O[Si](C)(O[Si](C)(O[Si](C)(O[Si](C)(O[SiH](C)C)c1ccccc1)c1ccccc1)c1ccccc1)c1ccccc1)c1ccccc1. The first-order chi connectivity index (χ1) is 24.7. The van der Waals surface area contributed by atoms with Gasteiger partial charge in [0.2, 0.25) is 0 Å². The van der Waals surface area contributed by atoms with Crippen molar-refractivity contribution >= 4 is 86.8 Å². The van der Waals surface area contributed by atoms with Gasteiger partial charge in [-0.25, -0.2) is 0 Å². The van der Waals surface area contributed by atoms with Crippen LogP contribution >= 0.6 is 0 Å². The number of benzene rings is 5. The zero-order chi connectivity index (χ0) is 37.5. The largest absolute Gasteiger partial charge is 0.436 e. The van der Waals surface area contributed by atoms with Gasteiger partial charge in [0.25, 0.3) is 0 Å². The first-order valence-corrected chi connectivity index (χ1v) is 35.3. The fourth-order valence-electron chi connectivity index (χ4n) is 6.81. The van der Waals surface area contributed by atoms with Crippen LogP contribution in [0.15, 0.2) is 152 Å². The Hall–Kier alpha value is -2.62. The van der Waals surface area contributed by atoms with Gasteiger partial charge in [-0.15, -0.1) is 0 Å². The van der Waals surface area contributed by atoms with E-state index >= 15 is 0 Å². The second-order valence-corrected chi connectivity index (χ2v) is 36.0. The van der Waals surface area contributed by atoms with Gasteiger partial charge in [0.1, 0.15) is 0 Å². The predicted molar refractivity (Wildman–Crippen MR) is 233 cm³/mol. The minimum atomic E-state index is -3.41. The van der Waals surface area contributed by atoms with E-state index in [9.17, 15) is 0 Å². The summed E-state index contributed by atoms with van der Waals surface area (Å²) in [5, 5.41) is 5.24. The number of rotatable bonds is 17. The summed E-state index contributed by atoms with van der Waals surface area (Å²) in [4.78, 5) is 0. The van der Waals surface area contributed by atoms with Crippen LogP contribution in [0.25, 0.3) is 0 Å². The topological polar surface area (TPSA) is 55.4 Å². The molecule has 6 nitrogen and oxygen atoms in total. The van der Waals surface area contributed by atoms with E-state index in [0.717, 1.165) is 25.9 Å². The number of hydrogen-bond acceptors (Lipinski definition) is 6. The highest BCUT2D eigenvalue weighted by Crippen LogP contribution is 2.28. The Morgan fingerprint density at radius 2 is 0.462 bits per heavy atom. The molecule has 0 aliphatic carbocycles. The Kier molecular flexibility index (Phi) is 13.4. The summed E-state index contributed by atoms with van der Waals surface area (Å²) in [6.45, 7) is 19.7. The predicted octanol–water partition coefficient (Wildman–Crippen LogP) is 5.95. The Morgan fingerprint density at radius 1 is 0.288 bits per heavy atom. The maximum atomic E-state index is 7.76. The molecule has 4 atom stereocenters. The van der Waals surface area contributed by atoms with Gasteiger partial charge in [0.05, 0.1) is 0 Å². The molecule has 4 unspecified atom stereocenters. The van der Waals surface area contributed by atoms with E-state index in [1.54, 1.807) is 0 Å². The maximum absolute atomic E-state index is 7.76. The van der Waals surface area contributed by atoms with Crippen molar-refractivity contribution in [2.45, 2.75) is 58.9 Å². The van der Waals surface area contributed by atoms with Crippen molar-refractivity contribution in [2.75, 3.05) is 0 Å². The van der Waals surface area contributed by atoms with Gasteiger partial charge in [-0.3, -0.25) is 0 Å². The highest BCUT2D eigenvalue weighted by molar-refractivity contribution is 7.03. The van der Waals surface area contributed by atoms with Crippen LogP contribution in [0.4, 0.5) is 0 Å². The van der Waals surface area contributed by atoms with Gasteiger partial charge >= 0.3 is 42.8 Å². The Morgan fingerprint density at radius 3 is 0.654 bits per heavy atom. The molecule has 0 bridgehead atoms. The molecule has 0 N–H and O–H groups in total. The molecule has 274 valence electrons. The monoisotopic (exact) mass is 814 g/mol. The van der Waals surface area contributed by atoms with Crippen molar-refractivity contribution in [1.29, 1.82) is 0 Å². The highest BCUT2D eigenvalue weighted by atomic mass is 28.5. The quantitative estimate of drug-likeness (QED) is 0.108. The molecule has 13 heteroatoms. The van der Waals surface area contributed by atoms with Gasteiger partial charge in [-0.05, 0) is 84.9 Å². The van der Waals surface area contributed by atoms with E-state index in [4.69, 9.17) is 24.7 Å². The van der Waals surface area contributed by atoms with Crippen molar-refractivity contribution < 1.29 is 24.7 Å². The molecule has 5 aromatic carbocycles. The molecule has 52 heavy (non-hydrogen) atoms. The van der Waals surface area contributed by atoms with E-state index in [0.29, 0.717) is 0 Å². The third-order valence-corrected chi connectivity index (χ3v) is 35.7. The average Bonchev–Trinajstić information content (AvgIpc) is 3.12. The van der Waals surface area contributed by atoms with E-state index in [1.165, 1.54) is 0 Å². The zero-order valence-electron chi connectivity index (χ0n) is 32.0. The van der Waals surface area contributed by atoms with Crippen LogP contribution in [0.2, 0.25) is 58.9 Å². The molecule has 5 aromatic rings. The molecule has 0 saturated carbocycles. The van der Waals surface area contributed by atoms with Crippen molar-refractivity contribution in [3.63, 3.8) is 0 Å². The summed E-state index contributed by atoms with van der Waals surface area (Å²) < 4.78 is 44.5. The second-order valence-electron chi connectivity index (χ2n) is 14.3. The average molecular weight is 815 g/mol.